The van der Waals surface area contributed by atoms with Gasteiger partial charge in [-0.1, -0.05) is 84.6 Å². The molecule has 4 aromatic rings. The highest BCUT2D eigenvalue weighted by Crippen LogP contribution is 2.20. The van der Waals surface area contributed by atoms with Crippen LogP contribution in [0, 0.1) is 0 Å². The molecule has 166 valence electrons. The first-order chi connectivity index (χ1) is 15.6. The lowest BCUT2D eigenvalue weighted by Crippen LogP contribution is -2.35. The maximum absolute atomic E-state index is 13.2. The first kappa shape index (κ1) is 22.6. The predicted octanol–water partition coefficient (Wildman–Crippen LogP) is 5.12. The molecule has 0 bridgehead atoms. The third-order valence-electron chi connectivity index (χ3n) is 5.24. The molecule has 0 atom stereocenters. The number of thioether (sulfide) groups is 1. The van der Waals surface area contributed by atoms with Crippen molar-refractivity contribution in [3.8, 4) is 0 Å². The summed E-state index contributed by atoms with van der Waals surface area (Å²) >= 11 is 1.63. The Balaban J connectivity index is 1.38. The van der Waals surface area contributed by atoms with Gasteiger partial charge in [-0.2, -0.15) is 0 Å². The SMILES string of the molecule is O=S(=O)(Cc1ccccc1)N(CCCSc1nc2ccccc2[nH]1)CCc1ccccc1. The smallest absolute Gasteiger partial charge is 0.218 e. The molecule has 1 aromatic heterocycles. The van der Waals surface area contributed by atoms with Crippen molar-refractivity contribution in [3.63, 3.8) is 0 Å². The average Bonchev–Trinajstić information content (AvgIpc) is 3.22. The number of hydrogen-bond donors (Lipinski definition) is 1. The van der Waals surface area contributed by atoms with Gasteiger partial charge in [0.25, 0.3) is 0 Å². The molecule has 32 heavy (non-hydrogen) atoms. The molecule has 0 aliphatic rings. The van der Waals surface area contributed by atoms with Crippen molar-refractivity contribution in [2.45, 2.75) is 23.8 Å². The van der Waals surface area contributed by atoms with Crippen LogP contribution >= 0.6 is 11.8 Å². The lowest BCUT2D eigenvalue weighted by Gasteiger charge is -2.22. The highest BCUT2D eigenvalue weighted by Gasteiger charge is 2.22. The summed E-state index contributed by atoms with van der Waals surface area (Å²) in [6.07, 6.45) is 1.45. The molecule has 0 unspecified atom stereocenters. The van der Waals surface area contributed by atoms with Crippen LogP contribution in [0.25, 0.3) is 11.0 Å². The molecule has 0 spiro atoms. The topological polar surface area (TPSA) is 66.1 Å². The van der Waals surface area contributed by atoms with Crippen molar-refractivity contribution in [1.29, 1.82) is 0 Å². The second-order valence-corrected chi connectivity index (χ2v) is 10.7. The highest BCUT2D eigenvalue weighted by molar-refractivity contribution is 7.99. The Labute approximate surface area is 193 Å². The van der Waals surface area contributed by atoms with E-state index in [9.17, 15) is 8.42 Å². The summed E-state index contributed by atoms with van der Waals surface area (Å²) in [5, 5.41) is 0.870. The number of imidazole rings is 1. The van der Waals surface area contributed by atoms with Crippen LogP contribution < -0.4 is 0 Å². The molecule has 0 amide bonds. The summed E-state index contributed by atoms with van der Waals surface area (Å²) in [6.45, 7) is 0.976. The largest absolute Gasteiger partial charge is 0.333 e. The second kappa shape index (κ2) is 10.8. The fourth-order valence-electron chi connectivity index (χ4n) is 3.57. The lowest BCUT2D eigenvalue weighted by molar-refractivity contribution is 0.414. The summed E-state index contributed by atoms with van der Waals surface area (Å²) in [7, 11) is -3.41. The van der Waals surface area contributed by atoms with Gasteiger partial charge in [-0.3, -0.25) is 0 Å². The summed E-state index contributed by atoms with van der Waals surface area (Å²) < 4.78 is 28.1. The number of hydrogen-bond acceptors (Lipinski definition) is 4. The molecule has 4 rings (SSSR count). The molecule has 0 radical (unpaired) electrons. The number of aromatic nitrogens is 2. The molecule has 0 saturated carbocycles. The summed E-state index contributed by atoms with van der Waals surface area (Å²) in [5.74, 6) is 0.821. The van der Waals surface area contributed by atoms with E-state index >= 15 is 0 Å². The van der Waals surface area contributed by atoms with E-state index in [1.165, 1.54) is 0 Å². The third kappa shape index (κ3) is 6.22. The Morgan fingerprint density at radius 2 is 1.47 bits per heavy atom. The molecule has 0 aliphatic heterocycles. The average molecular weight is 466 g/mol. The Hall–Kier alpha value is -2.61. The van der Waals surface area contributed by atoms with Crippen molar-refractivity contribution in [1.82, 2.24) is 14.3 Å². The molecule has 1 heterocycles. The number of H-pyrrole nitrogens is 1. The molecule has 1 N–H and O–H groups in total. The number of fused-ring (bicyclic) bond motifs is 1. The molecule has 0 aliphatic carbocycles. The molecule has 0 fully saturated rings. The van der Waals surface area contributed by atoms with Crippen LogP contribution in [0.1, 0.15) is 17.5 Å². The van der Waals surface area contributed by atoms with Crippen LogP contribution in [0.5, 0.6) is 0 Å². The van der Waals surface area contributed by atoms with Gasteiger partial charge in [0, 0.05) is 18.8 Å². The van der Waals surface area contributed by atoms with Crippen LogP contribution in [0.15, 0.2) is 90.1 Å². The summed E-state index contributed by atoms with van der Waals surface area (Å²) in [5.41, 5.74) is 3.92. The van der Waals surface area contributed by atoms with Gasteiger partial charge in [0.2, 0.25) is 10.0 Å². The first-order valence-corrected chi connectivity index (χ1v) is 13.3. The first-order valence-electron chi connectivity index (χ1n) is 10.7. The third-order valence-corrected chi connectivity index (χ3v) is 8.05. The van der Waals surface area contributed by atoms with Gasteiger partial charge in [0.05, 0.1) is 16.8 Å². The lowest BCUT2D eigenvalue weighted by atomic mass is 10.1. The Morgan fingerprint density at radius 3 is 2.19 bits per heavy atom. The van der Waals surface area contributed by atoms with Crippen LogP contribution in [0.4, 0.5) is 0 Å². The molecule has 5 nitrogen and oxygen atoms in total. The standard InChI is InChI=1S/C25H27N3O2S2/c29-32(30,20-22-12-5-2-6-13-22)28(18-16-21-10-3-1-4-11-21)17-9-19-31-25-26-23-14-7-8-15-24(23)27-25/h1-8,10-15H,9,16-20H2,(H,26,27). The normalized spacial score (nSPS) is 11.9. The number of nitrogens with one attached hydrogen (secondary N) is 1. The number of benzene rings is 3. The van der Waals surface area contributed by atoms with Crippen molar-refractivity contribution < 1.29 is 8.42 Å². The fraction of sp³-hybridized carbons (Fsp3) is 0.240. The maximum Gasteiger partial charge on any atom is 0.218 e. The van der Waals surface area contributed by atoms with Crippen LogP contribution in [0.2, 0.25) is 0 Å². The van der Waals surface area contributed by atoms with E-state index < -0.39 is 10.0 Å². The monoisotopic (exact) mass is 465 g/mol. The van der Waals surface area contributed by atoms with Gasteiger partial charge in [-0.25, -0.2) is 17.7 Å². The van der Waals surface area contributed by atoms with E-state index in [2.05, 4.69) is 9.97 Å². The van der Waals surface area contributed by atoms with Crippen molar-refractivity contribution in [2.75, 3.05) is 18.8 Å². The van der Waals surface area contributed by atoms with Gasteiger partial charge < -0.3 is 4.98 Å². The summed E-state index contributed by atoms with van der Waals surface area (Å²) in [6, 6.07) is 27.4. The van der Waals surface area contributed by atoms with Crippen molar-refractivity contribution >= 4 is 32.8 Å². The van der Waals surface area contributed by atoms with E-state index in [0.717, 1.165) is 39.5 Å². The zero-order chi connectivity index (χ0) is 22.2. The van der Waals surface area contributed by atoms with E-state index in [1.54, 1.807) is 16.1 Å². The number of aromatic amines is 1. The molecule has 7 heteroatoms. The zero-order valence-electron chi connectivity index (χ0n) is 17.9. The fourth-order valence-corrected chi connectivity index (χ4v) is 5.96. The van der Waals surface area contributed by atoms with E-state index in [1.807, 2.05) is 84.9 Å². The van der Waals surface area contributed by atoms with Gasteiger partial charge in [-0.15, -0.1) is 0 Å². The number of para-hydroxylation sites is 2. The van der Waals surface area contributed by atoms with Crippen molar-refractivity contribution in [3.05, 3.63) is 96.1 Å². The molecular formula is C25H27N3O2S2. The van der Waals surface area contributed by atoms with Crippen LogP contribution in [-0.4, -0.2) is 41.5 Å². The quantitative estimate of drug-likeness (QED) is 0.247. The molecule has 3 aromatic carbocycles. The van der Waals surface area contributed by atoms with Gasteiger partial charge >= 0.3 is 0 Å². The molecule has 0 saturated heterocycles. The Kier molecular flexibility index (Phi) is 7.63. The van der Waals surface area contributed by atoms with Crippen LogP contribution in [-0.2, 0) is 22.2 Å². The Morgan fingerprint density at radius 1 is 0.812 bits per heavy atom. The van der Waals surface area contributed by atoms with E-state index in [4.69, 9.17) is 0 Å². The van der Waals surface area contributed by atoms with Crippen molar-refractivity contribution in [2.24, 2.45) is 0 Å². The number of sulfonamides is 1. The minimum atomic E-state index is -3.41. The maximum atomic E-state index is 13.2. The van der Waals surface area contributed by atoms with Gasteiger partial charge in [0.15, 0.2) is 5.16 Å². The molecular weight excluding hydrogens is 438 g/mol. The predicted molar refractivity (Wildman–Crippen MR) is 132 cm³/mol. The Bertz CT molecular complexity index is 1190. The van der Waals surface area contributed by atoms with Gasteiger partial charge in [-0.05, 0) is 36.1 Å². The number of nitrogens with zero attached hydrogens (tertiary/aromatic N) is 2. The van der Waals surface area contributed by atoms with E-state index in [-0.39, 0.29) is 5.75 Å². The highest BCUT2D eigenvalue weighted by atomic mass is 32.2. The minimum absolute atomic E-state index is 0.0271. The minimum Gasteiger partial charge on any atom is -0.333 e. The second-order valence-electron chi connectivity index (χ2n) is 7.64. The van der Waals surface area contributed by atoms with Gasteiger partial charge in [0.1, 0.15) is 0 Å². The number of rotatable bonds is 11. The zero-order valence-corrected chi connectivity index (χ0v) is 19.5. The summed E-state index contributed by atoms with van der Waals surface area (Å²) in [4.78, 5) is 7.90. The van der Waals surface area contributed by atoms with Crippen LogP contribution in [0.3, 0.4) is 0 Å². The van der Waals surface area contributed by atoms with E-state index in [0.29, 0.717) is 19.5 Å².